The maximum Gasteiger partial charge on any atom is 0.345 e. The number of aromatic nitrogens is 2. The van der Waals surface area contributed by atoms with Gasteiger partial charge >= 0.3 is 5.69 Å². The first-order valence-electron chi connectivity index (χ1n) is 4.32. The van der Waals surface area contributed by atoms with Crippen LogP contribution in [-0.4, -0.2) is 22.0 Å². The second-order valence-electron chi connectivity index (χ2n) is 2.80. The number of nitrogens with zero attached hydrogens (tertiary/aromatic N) is 1. The summed E-state index contributed by atoms with van der Waals surface area (Å²) in [4.78, 5) is 18.4. The minimum Gasteiger partial charge on any atom is -0.367 e. The Kier molecular flexibility index (Phi) is 3.15. The van der Waals surface area contributed by atoms with E-state index < -0.39 is 0 Å². The molecule has 1 unspecified atom stereocenters. The Balaban J connectivity index is 2.20. The fourth-order valence-corrected chi connectivity index (χ4v) is 3.62. The van der Waals surface area contributed by atoms with Crippen LogP contribution in [0.2, 0.25) is 0 Å². The summed E-state index contributed by atoms with van der Waals surface area (Å²) in [5.41, 5.74) is 0.786. The Bertz CT molecular complexity index is 380. The van der Waals surface area contributed by atoms with E-state index in [2.05, 4.69) is 9.97 Å². The molecule has 2 heterocycles. The SMILES string of the molecule is CCOC1Cc2[nH]c(=O)ncc2SS1. The van der Waals surface area contributed by atoms with Gasteiger partial charge in [0.25, 0.3) is 0 Å². The Hall–Kier alpha value is -0.460. The molecule has 1 atom stereocenters. The van der Waals surface area contributed by atoms with Gasteiger partial charge in [0.05, 0.1) is 4.90 Å². The molecule has 76 valence electrons. The van der Waals surface area contributed by atoms with Crippen molar-refractivity contribution >= 4 is 21.6 Å². The maximum atomic E-state index is 11.0. The second kappa shape index (κ2) is 4.37. The van der Waals surface area contributed by atoms with Gasteiger partial charge in [-0.1, -0.05) is 21.6 Å². The quantitative estimate of drug-likeness (QED) is 0.779. The smallest absolute Gasteiger partial charge is 0.345 e. The number of hydrogen-bond donors (Lipinski definition) is 1. The zero-order valence-electron chi connectivity index (χ0n) is 7.65. The fourth-order valence-electron chi connectivity index (χ4n) is 1.22. The van der Waals surface area contributed by atoms with Crippen LogP contribution in [0.1, 0.15) is 12.6 Å². The Morgan fingerprint density at radius 3 is 3.43 bits per heavy atom. The molecule has 1 aliphatic rings. The van der Waals surface area contributed by atoms with Crippen molar-refractivity contribution in [3.8, 4) is 0 Å². The van der Waals surface area contributed by atoms with E-state index in [9.17, 15) is 4.79 Å². The van der Waals surface area contributed by atoms with E-state index in [0.717, 1.165) is 17.0 Å². The summed E-state index contributed by atoms with van der Waals surface area (Å²) in [5, 5.41) is 0. The van der Waals surface area contributed by atoms with Crippen molar-refractivity contribution in [2.45, 2.75) is 23.7 Å². The van der Waals surface area contributed by atoms with E-state index in [1.807, 2.05) is 6.92 Å². The second-order valence-corrected chi connectivity index (χ2v) is 5.20. The molecule has 0 spiro atoms. The summed E-state index contributed by atoms with van der Waals surface area (Å²) in [7, 11) is 3.27. The molecule has 1 aromatic heterocycles. The van der Waals surface area contributed by atoms with Crippen molar-refractivity contribution in [2.24, 2.45) is 0 Å². The van der Waals surface area contributed by atoms with Gasteiger partial charge in [-0.3, -0.25) is 0 Å². The van der Waals surface area contributed by atoms with Crippen molar-refractivity contribution in [3.63, 3.8) is 0 Å². The normalized spacial score (nSPS) is 20.5. The van der Waals surface area contributed by atoms with Gasteiger partial charge in [0.15, 0.2) is 0 Å². The molecule has 0 saturated heterocycles. The summed E-state index contributed by atoms with van der Waals surface area (Å²) >= 11 is 0. The highest BCUT2D eigenvalue weighted by Gasteiger charge is 2.21. The van der Waals surface area contributed by atoms with Gasteiger partial charge in [-0.2, -0.15) is 0 Å². The van der Waals surface area contributed by atoms with Gasteiger partial charge in [-0.25, -0.2) is 9.78 Å². The van der Waals surface area contributed by atoms with Crippen LogP contribution < -0.4 is 5.69 Å². The number of ether oxygens (including phenoxy) is 1. The highest BCUT2D eigenvalue weighted by molar-refractivity contribution is 8.77. The van der Waals surface area contributed by atoms with Gasteiger partial charge < -0.3 is 9.72 Å². The molecule has 14 heavy (non-hydrogen) atoms. The molecule has 1 N–H and O–H groups in total. The molecule has 1 aromatic rings. The maximum absolute atomic E-state index is 11.0. The first kappa shape index (κ1) is 10.1. The van der Waals surface area contributed by atoms with E-state index in [1.165, 1.54) is 0 Å². The van der Waals surface area contributed by atoms with Crippen LogP contribution in [0.5, 0.6) is 0 Å². The number of hydrogen-bond acceptors (Lipinski definition) is 5. The molecule has 0 saturated carbocycles. The molecule has 2 rings (SSSR count). The summed E-state index contributed by atoms with van der Waals surface area (Å²) in [5.74, 6) is 0. The molecule has 0 bridgehead atoms. The highest BCUT2D eigenvalue weighted by atomic mass is 33.1. The molecular formula is C8H10N2O2S2. The minimum atomic E-state index is -0.286. The lowest BCUT2D eigenvalue weighted by Crippen LogP contribution is -2.20. The van der Waals surface area contributed by atoms with Crippen LogP contribution in [-0.2, 0) is 11.2 Å². The third kappa shape index (κ3) is 2.13. The van der Waals surface area contributed by atoms with E-state index in [4.69, 9.17) is 4.74 Å². The summed E-state index contributed by atoms with van der Waals surface area (Å²) in [6.07, 6.45) is 2.37. The minimum absolute atomic E-state index is 0.135. The summed E-state index contributed by atoms with van der Waals surface area (Å²) < 4.78 is 5.48. The average Bonchev–Trinajstić information content (AvgIpc) is 2.17. The number of H-pyrrole nitrogens is 1. The first-order valence-corrected chi connectivity index (χ1v) is 6.54. The molecule has 6 heteroatoms. The van der Waals surface area contributed by atoms with Gasteiger partial charge in [-0.05, 0) is 6.92 Å². The number of nitrogens with one attached hydrogen (secondary N) is 1. The molecule has 0 aliphatic carbocycles. The molecule has 0 aromatic carbocycles. The van der Waals surface area contributed by atoms with Crippen molar-refractivity contribution < 1.29 is 4.74 Å². The molecule has 4 nitrogen and oxygen atoms in total. The topological polar surface area (TPSA) is 55.0 Å². The van der Waals surface area contributed by atoms with Crippen LogP contribution in [0.3, 0.4) is 0 Å². The van der Waals surface area contributed by atoms with Crippen molar-refractivity contribution in [2.75, 3.05) is 6.61 Å². The molecule has 0 radical (unpaired) electrons. The monoisotopic (exact) mass is 230 g/mol. The number of aromatic amines is 1. The Labute approximate surface area is 89.2 Å². The van der Waals surface area contributed by atoms with Crippen molar-refractivity contribution in [1.82, 2.24) is 9.97 Å². The lowest BCUT2D eigenvalue weighted by atomic mass is 10.3. The summed E-state index contributed by atoms with van der Waals surface area (Å²) in [6, 6.07) is 0. The van der Waals surface area contributed by atoms with Gasteiger partial charge in [-0.15, -0.1) is 0 Å². The Morgan fingerprint density at radius 1 is 1.79 bits per heavy atom. The standard InChI is InChI=1S/C8H10N2O2S2/c1-2-12-7-3-5-6(13-14-7)4-9-8(11)10-5/h4,7H,2-3H2,1H3,(H,9,10,11). The largest absolute Gasteiger partial charge is 0.367 e. The zero-order chi connectivity index (χ0) is 9.97. The van der Waals surface area contributed by atoms with E-state index in [0.29, 0.717) is 6.61 Å². The van der Waals surface area contributed by atoms with Crippen molar-refractivity contribution in [1.29, 1.82) is 0 Å². The molecular weight excluding hydrogens is 220 g/mol. The average molecular weight is 230 g/mol. The van der Waals surface area contributed by atoms with Crippen LogP contribution in [0.4, 0.5) is 0 Å². The Morgan fingerprint density at radius 2 is 2.64 bits per heavy atom. The third-order valence-corrected chi connectivity index (χ3v) is 4.44. The predicted molar refractivity (Wildman–Crippen MR) is 57.4 cm³/mol. The molecule has 0 fully saturated rings. The van der Waals surface area contributed by atoms with E-state index in [1.54, 1.807) is 27.8 Å². The predicted octanol–water partition coefficient (Wildman–Crippen LogP) is 1.43. The summed E-state index contributed by atoms with van der Waals surface area (Å²) in [6.45, 7) is 2.67. The lowest BCUT2D eigenvalue weighted by Gasteiger charge is -2.21. The number of rotatable bonds is 2. The van der Waals surface area contributed by atoms with Gasteiger partial charge in [0.1, 0.15) is 5.44 Å². The van der Waals surface area contributed by atoms with Gasteiger partial charge in [0.2, 0.25) is 0 Å². The van der Waals surface area contributed by atoms with E-state index >= 15 is 0 Å². The third-order valence-electron chi connectivity index (χ3n) is 1.82. The van der Waals surface area contributed by atoms with Gasteiger partial charge in [0, 0.05) is 24.9 Å². The highest BCUT2D eigenvalue weighted by Crippen LogP contribution is 2.41. The first-order chi connectivity index (χ1) is 6.79. The fraction of sp³-hybridized carbons (Fsp3) is 0.500. The molecule has 0 amide bonds. The lowest BCUT2D eigenvalue weighted by molar-refractivity contribution is 0.125. The van der Waals surface area contributed by atoms with E-state index in [-0.39, 0.29) is 11.1 Å². The van der Waals surface area contributed by atoms with Crippen LogP contribution >= 0.6 is 21.6 Å². The number of fused-ring (bicyclic) bond motifs is 1. The zero-order valence-corrected chi connectivity index (χ0v) is 9.28. The van der Waals surface area contributed by atoms with Crippen LogP contribution in [0, 0.1) is 0 Å². The molecule has 1 aliphatic heterocycles. The van der Waals surface area contributed by atoms with Crippen molar-refractivity contribution in [3.05, 3.63) is 22.4 Å². The van der Waals surface area contributed by atoms with Crippen LogP contribution in [0.25, 0.3) is 0 Å². The van der Waals surface area contributed by atoms with Crippen LogP contribution in [0.15, 0.2) is 15.9 Å².